The minimum atomic E-state index is -0.655. The summed E-state index contributed by atoms with van der Waals surface area (Å²) in [5.41, 5.74) is 6.70. The van der Waals surface area contributed by atoms with Gasteiger partial charge in [0.15, 0.2) is 6.61 Å². The first-order valence-corrected chi connectivity index (χ1v) is 11.6. The fourth-order valence-corrected chi connectivity index (χ4v) is 4.96. The Labute approximate surface area is 194 Å². The van der Waals surface area contributed by atoms with Gasteiger partial charge in [0.2, 0.25) is 11.8 Å². The van der Waals surface area contributed by atoms with Crippen molar-refractivity contribution in [3.05, 3.63) is 66.2 Å². The molecule has 0 unspecified atom stereocenters. The molecule has 3 atom stereocenters. The van der Waals surface area contributed by atoms with Crippen LogP contribution in [0, 0.1) is 11.8 Å². The molecule has 0 aromatic heterocycles. The fraction of sp³-hybridized carbons (Fsp3) is 0.423. The van der Waals surface area contributed by atoms with E-state index in [0.29, 0.717) is 38.2 Å². The standard InChI is InChI=1S/C26H31N3O4/c27-26(32)23(15-19-7-3-1-4-8-19)29-14-12-21-17-28(13-11-20(21)16-24(29)30)25(31)18-33-22-9-5-2-6-10-22/h1-10,20-21,23H,11-18H2,(H2,27,32)/t20-,21+,23-/m0/s1. The first kappa shape index (κ1) is 22.8. The number of carbonyl (C=O) groups excluding carboxylic acids is 3. The van der Waals surface area contributed by atoms with Crippen molar-refractivity contribution in [1.82, 2.24) is 9.80 Å². The highest BCUT2D eigenvalue weighted by atomic mass is 16.5. The van der Waals surface area contributed by atoms with Crippen molar-refractivity contribution in [2.75, 3.05) is 26.2 Å². The summed E-state index contributed by atoms with van der Waals surface area (Å²) in [6.45, 7) is 1.72. The fourth-order valence-electron chi connectivity index (χ4n) is 4.96. The molecule has 0 spiro atoms. The molecule has 7 heteroatoms. The number of rotatable bonds is 7. The molecule has 2 N–H and O–H groups in total. The number of likely N-dealkylation sites (tertiary alicyclic amines) is 2. The second-order valence-electron chi connectivity index (χ2n) is 8.94. The molecule has 4 rings (SSSR count). The predicted octanol–water partition coefficient (Wildman–Crippen LogP) is 2.25. The van der Waals surface area contributed by atoms with Crippen LogP contribution in [0.25, 0.3) is 0 Å². The minimum Gasteiger partial charge on any atom is -0.484 e. The summed E-state index contributed by atoms with van der Waals surface area (Å²) >= 11 is 0. The molecule has 2 fully saturated rings. The summed E-state index contributed by atoms with van der Waals surface area (Å²) in [6, 6.07) is 18.3. The van der Waals surface area contributed by atoms with E-state index in [1.54, 1.807) is 4.90 Å². The Morgan fingerprint density at radius 2 is 1.64 bits per heavy atom. The molecule has 7 nitrogen and oxygen atoms in total. The summed E-state index contributed by atoms with van der Waals surface area (Å²) in [6.07, 6.45) is 2.34. The quantitative estimate of drug-likeness (QED) is 0.702. The highest BCUT2D eigenvalue weighted by Gasteiger charge is 2.39. The lowest BCUT2D eigenvalue weighted by atomic mass is 9.82. The van der Waals surface area contributed by atoms with Crippen LogP contribution in [0.15, 0.2) is 60.7 Å². The van der Waals surface area contributed by atoms with Gasteiger partial charge in [-0.2, -0.15) is 0 Å². The number of para-hydroxylation sites is 1. The maximum Gasteiger partial charge on any atom is 0.260 e. The molecule has 2 aliphatic heterocycles. The molecule has 2 aromatic carbocycles. The van der Waals surface area contributed by atoms with Gasteiger partial charge in [-0.25, -0.2) is 0 Å². The van der Waals surface area contributed by atoms with Gasteiger partial charge in [0.1, 0.15) is 11.8 Å². The number of piperidine rings is 1. The van der Waals surface area contributed by atoms with Gasteiger partial charge in [-0.05, 0) is 42.4 Å². The number of amides is 3. The maximum absolute atomic E-state index is 13.1. The van der Waals surface area contributed by atoms with E-state index in [1.807, 2.05) is 65.6 Å². The van der Waals surface area contributed by atoms with E-state index in [2.05, 4.69) is 0 Å². The number of nitrogens with two attached hydrogens (primary N) is 1. The van der Waals surface area contributed by atoms with Gasteiger partial charge in [-0.1, -0.05) is 48.5 Å². The number of hydrogen-bond donors (Lipinski definition) is 1. The van der Waals surface area contributed by atoms with Crippen molar-refractivity contribution in [1.29, 1.82) is 0 Å². The molecule has 2 saturated heterocycles. The Hall–Kier alpha value is -3.35. The number of primary amides is 1. The van der Waals surface area contributed by atoms with Crippen LogP contribution < -0.4 is 10.5 Å². The Kier molecular flexibility index (Phi) is 7.27. The van der Waals surface area contributed by atoms with Crippen LogP contribution in [-0.2, 0) is 20.8 Å². The highest BCUT2D eigenvalue weighted by molar-refractivity contribution is 5.87. The van der Waals surface area contributed by atoms with Gasteiger partial charge >= 0.3 is 0 Å². The number of carbonyl (C=O) groups is 3. The number of ether oxygens (including phenoxy) is 1. The molecule has 0 aliphatic carbocycles. The van der Waals surface area contributed by atoms with Crippen LogP contribution in [0.1, 0.15) is 24.8 Å². The predicted molar refractivity (Wildman–Crippen MR) is 124 cm³/mol. The second-order valence-corrected chi connectivity index (χ2v) is 8.94. The van der Waals surface area contributed by atoms with Gasteiger partial charge in [-0.15, -0.1) is 0 Å². The van der Waals surface area contributed by atoms with Gasteiger partial charge in [0.05, 0.1) is 0 Å². The highest BCUT2D eigenvalue weighted by Crippen LogP contribution is 2.33. The average Bonchev–Trinajstić information content (AvgIpc) is 2.99. The van der Waals surface area contributed by atoms with Crippen molar-refractivity contribution in [2.24, 2.45) is 17.6 Å². The smallest absolute Gasteiger partial charge is 0.260 e. The molecule has 0 saturated carbocycles. The largest absolute Gasteiger partial charge is 0.484 e. The van der Waals surface area contributed by atoms with E-state index >= 15 is 0 Å². The molecule has 0 radical (unpaired) electrons. The van der Waals surface area contributed by atoms with Crippen molar-refractivity contribution >= 4 is 17.7 Å². The summed E-state index contributed by atoms with van der Waals surface area (Å²) in [4.78, 5) is 41.6. The zero-order chi connectivity index (χ0) is 23.2. The normalized spacial score (nSPS) is 21.6. The minimum absolute atomic E-state index is 0.00722. The van der Waals surface area contributed by atoms with Crippen molar-refractivity contribution in [2.45, 2.75) is 31.7 Å². The second kappa shape index (κ2) is 10.5. The van der Waals surface area contributed by atoms with Crippen molar-refractivity contribution in [3.8, 4) is 5.75 Å². The van der Waals surface area contributed by atoms with Crippen LogP contribution in [-0.4, -0.2) is 59.8 Å². The zero-order valence-corrected chi connectivity index (χ0v) is 18.8. The lowest BCUT2D eigenvalue weighted by Gasteiger charge is -2.37. The van der Waals surface area contributed by atoms with Crippen LogP contribution >= 0.6 is 0 Å². The van der Waals surface area contributed by atoms with Gasteiger partial charge < -0.3 is 20.3 Å². The molecular weight excluding hydrogens is 418 g/mol. The molecule has 2 aliphatic rings. The average molecular weight is 450 g/mol. The first-order chi connectivity index (χ1) is 16.0. The summed E-state index contributed by atoms with van der Waals surface area (Å²) in [7, 11) is 0. The van der Waals surface area contributed by atoms with E-state index in [1.165, 1.54) is 0 Å². The van der Waals surface area contributed by atoms with Crippen LogP contribution in [0.5, 0.6) is 5.75 Å². The van der Waals surface area contributed by atoms with E-state index < -0.39 is 11.9 Å². The number of hydrogen-bond acceptors (Lipinski definition) is 4. The number of fused-ring (bicyclic) bond motifs is 1. The summed E-state index contributed by atoms with van der Waals surface area (Å²) in [5, 5.41) is 0. The van der Waals surface area contributed by atoms with E-state index in [0.717, 1.165) is 18.4 Å². The summed E-state index contributed by atoms with van der Waals surface area (Å²) < 4.78 is 5.63. The number of nitrogens with zero attached hydrogens (tertiary/aromatic N) is 2. The molecule has 33 heavy (non-hydrogen) atoms. The molecule has 2 aromatic rings. The lowest BCUT2D eigenvalue weighted by Crippen LogP contribution is -2.49. The summed E-state index contributed by atoms with van der Waals surface area (Å²) in [5.74, 6) is 0.572. The first-order valence-electron chi connectivity index (χ1n) is 11.6. The Bertz CT molecular complexity index is 966. The maximum atomic E-state index is 13.1. The van der Waals surface area contributed by atoms with Crippen LogP contribution in [0.3, 0.4) is 0 Å². The van der Waals surface area contributed by atoms with E-state index in [9.17, 15) is 14.4 Å². The molecule has 3 amide bonds. The lowest BCUT2D eigenvalue weighted by molar-refractivity contribution is -0.139. The van der Waals surface area contributed by atoms with Crippen molar-refractivity contribution < 1.29 is 19.1 Å². The SMILES string of the molecule is NC(=O)[C@H](Cc1ccccc1)N1CC[C@@H]2CN(C(=O)COc3ccccc3)CC[C@H]2CC1=O. The molecule has 2 heterocycles. The van der Waals surface area contributed by atoms with E-state index in [-0.39, 0.29) is 30.3 Å². The van der Waals surface area contributed by atoms with Gasteiger partial charge in [0, 0.05) is 32.5 Å². The number of benzene rings is 2. The topological polar surface area (TPSA) is 92.9 Å². The van der Waals surface area contributed by atoms with Gasteiger partial charge in [-0.3, -0.25) is 14.4 Å². The third-order valence-corrected chi connectivity index (χ3v) is 6.82. The molecule has 0 bridgehead atoms. The Balaban J connectivity index is 1.37. The van der Waals surface area contributed by atoms with Gasteiger partial charge in [0.25, 0.3) is 5.91 Å². The monoisotopic (exact) mass is 449 g/mol. The van der Waals surface area contributed by atoms with Crippen LogP contribution in [0.2, 0.25) is 0 Å². The Morgan fingerprint density at radius 3 is 2.33 bits per heavy atom. The van der Waals surface area contributed by atoms with Crippen molar-refractivity contribution in [3.63, 3.8) is 0 Å². The van der Waals surface area contributed by atoms with E-state index in [4.69, 9.17) is 10.5 Å². The third-order valence-electron chi connectivity index (χ3n) is 6.82. The Morgan fingerprint density at radius 1 is 0.970 bits per heavy atom. The third kappa shape index (κ3) is 5.72. The molecule has 174 valence electrons. The zero-order valence-electron chi connectivity index (χ0n) is 18.8. The molecular formula is C26H31N3O4. The van der Waals surface area contributed by atoms with Crippen LogP contribution in [0.4, 0.5) is 0 Å².